The van der Waals surface area contributed by atoms with Crippen LogP contribution in [0.25, 0.3) is 6.08 Å². The monoisotopic (exact) mass is 304 g/mol. The molecule has 0 aromatic heterocycles. The van der Waals surface area contributed by atoms with E-state index in [0.29, 0.717) is 0 Å². The van der Waals surface area contributed by atoms with Gasteiger partial charge in [-0.25, -0.2) is 4.79 Å². The van der Waals surface area contributed by atoms with Crippen LogP contribution in [0.5, 0.6) is 5.75 Å². The van der Waals surface area contributed by atoms with Crippen molar-refractivity contribution in [1.82, 2.24) is 10.2 Å². The zero-order valence-corrected chi connectivity index (χ0v) is 14.0. The van der Waals surface area contributed by atoms with Gasteiger partial charge in [-0.3, -0.25) is 0 Å². The van der Waals surface area contributed by atoms with Gasteiger partial charge in [0.05, 0.1) is 7.11 Å². The average molecular weight is 304 g/mol. The molecular formula is C18H28N2O2. The van der Waals surface area contributed by atoms with Crippen LogP contribution in [0.15, 0.2) is 30.5 Å². The minimum atomic E-state index is -0.0216. The molecule has 0 saturated heterocycles. The fraction of sp³-hybridized carbons (Fsp3) is 0.500. The second kappa shape index (κ2) is 10.7. The number of unbranched alkanes of at least 4 members (excludes halogenated alkanes) is 2. The maximum Gasteiger partial charge on any atom is 0.321 e. The smallest absolute Gasteiger partial charge is 0.321 e. The van der Waals surface area contributed by atoms with Gasteiger partial charge in [0.1, 0.15) is 5.75 Å². The summed E-state index contributed by atoms with van der Waals surface area (Å²) in [4.78, 5) is 14.1. The highest BCUT2D eigenvalue weighted by Crippen LogP contribution is 2.12. The molecule has 0 aliphatic heterocycles. The van der Waals surface area contributed by atoms with E-state index in [9.17, 15) is 4.79 Å². The van der Waals surface area contributed by atoms with Crippen molar-refractivity contribution in [3.8, 4) is 5.75 Å². The number of nitrogens with one attached hydrogen (secondary N) is 1. The first-order valence-electron chi connectivity index (χ1n) is 8.07. The largest absolute Gasteiger partial charge is 0.497 e. The molecule has 0 unspecified atom stereocenters. The summed E-state index contributed by atoms with van der Waals surface area (Å²) in [5.41, 5.74) is 1.02. The Morgan fingerprint density at radius 3 is 2.23 bits per heavy atom. The molecule has 22 heavy (non-hydrogen) atoms. The number of hydrogen-bond donors (Lipinski definition) is 1. The van der Waals surface area contributed by atoms with Crippen LogP contribution >= 0.6 is 0 Å². The highest BCUT2D eigenvalue weighted by atomic mass is 16.5. The predicted octanol–water partition coefficient (Wildman–Crippen LogP) is 4.28. The summed E-state index contributed by atoms with van der Waals surface area (Å²) in [7, 11) is 1.65. The van der Waals surface area contributed by atoms with Gasteiger partial charge >= 0.3 is 6.03 Å². The van der Waals surface area contributed by atoms with E-state index in [-0.39, 0.29) is 6.03 Å². The Morgan fingerprint density at radius 1 is 1.14 bits per heavy atom. The van der Waals surface area contributed by atoms with Crippen molar-refractivity contribution in [1.29, 1.82) is 0 Å². The van der Waals surface area contributed by atoms with Crippen molar-refractivity contribution in [3.63, 3.8) is 0 Å². The van der Waals surface area contributed by atoms with E-state index in [1.165, 1.54) is 0 Å². The maximum atomic E-state index is 12.2. The number of amides is 2. The molecule has 0 saturated carbocycles. The molecule has 1 aromatic carbocycles. The minimum absolute atomic E-state index is 0.0216. The molecule has 4 nitrogen and oxygen atoms in total. The number of methoxy groups -OCH3 is 1. The number of ether oxygens (including phenoxy) is 1. The molecule has 0 heterocycles. The van der Waals surface area contributed by atoms with Crippen LogP contribution in [-0.2, 0) is 0 Å². The Balaban J connectivity index is 2.50. The third-order valence-corrected chi connectivity index (χ3v) is 3.45. The summed E-state index contributed by atoms with van der Waals surface area (Å²) < 4.78 is 5.12. The number of benzene rings is 1. The van der Waals surface area contributed by atoms with Crippen molar-refractivity contribution in [2.75, 3.05) is 20.2 Å². The first-order valence-corrected chi connectivity index (χ1v) is 8.07. The fourth-order valence-corrected chi connectivity index (χ4v) is 2.03. The van der Waals surface area contributed by atoms with E-state index < -0.39 is 0 Å². The summed E-state index contributed by atoms with van der Waals surface area (Å²) in [5, 5.41) is 2.85. The van der Waals surface area contributed by atoms with E-state index in [0.717, 1.165) is 50.1 Å². The van der Waals surface area contributed by atoms with Crippen LogP contribution in [0.4, 0.5) is 4.79 Å². The first-order chi connectivity index (χ1) is 10.7. The molecule has 1 N–H and O–H groups in total. The number of carbonyl (C=O) groups excluding carboxylic acids is 1. The minimum Gasteiger partial charge on any atom is -0.497 e. The van der Waals surface area contributed by atoms with Gasteiger partial charge in [-0.15, -0.1) is 0 Å². The SMILES string of the molecule is CCCCN(CCCC)C(=O)N/C=C/c1ccc(OC)cc1. The van der Waals surface area contributed by atoms with Gasteiger partial charge in [0.25, 0.3) is 0 Å². The molecule has 0 aliphatic carbocycles. The van der Waals surface area contributed by atoms with Gasteiger partial charge < -0.3 is 15.0 Å². The van der Waals surface area contributed by atoms with Crippen molar-refractivity contribution >= 4 is 12.1 Å². The van der Waals surface area contributed by atoms with Gasteiger partial charge in [-0.1, -0.05) is 38.8 Å². The summed E-state index contributed by atoms with van der Waals surface area (Å²) >= 11 is 0. The van der Waals surface area contributed by atoms with Crippen molar-refractivity contribution in [3.05, 3.63) is 36.0 Å². The molecule has 1 rings (SSSR count). The van der Waals surface area contributed by atoms with Crippen LogP contribution < -0.4 is 10.1 Å². The lowest BCUT2D eigenvalue weighted by Gasteiger charge is -2.21. The van der Waals surface area contributed by atoms with Crippen LogP contribution in [0, 0.1) is 0 Å². The summed E-state index contributed by atoms with van der Waals surface area (Å²) in [6, 6.07) is 7.68. The Labute approximate surface area is 134 Å². The van der Waals surface area contributed by atoms with Crippen molar-refractivity contribution < 1.29 is 9.53 Å². The molecule has 0 spiro atoms. The summed E-state index contributed by atoms with van der Waals surface area (Å²) in [6.45, 7) is 5.91. The van der Waals surface area contributed by atoms with Crippen molar-refractivity contribution in [2.45, 2.75) is 39.5 Å². The first kappa shape index (κ1) is 18.1. The predicted molar refractivity (Wildman–Crippen MR) is 91.9 cm³/mol. The molecule has 0 aliphatic rings. The third kappa shape index (κ3) is 6.66. The molecule has 0 atom stereocenters. The van der Waals surface area contributed by atoms with E-state index >= 15 is 0 Å². The molecule has 122 valence electrons. The molecule has 0 bridgehead atoms. The van der Waals surface area contributed by atoms with Gasteiger partial charge in [0, 0.05) is 19.3 Å². The van der Waals surface area contributed by atoms with E-state index in [1.54, 1.807) is 13.3 Å². The van der Waals surface area contributed by atoms with Crippen molar-refractivity contribution in [2.24, 2.45) is 0 Å². The van der Waals surface area contributed by atoms with Gasteiger partial charge in [-0.05, 0) is 36.6 Å². The standard InChI is InChI=1S/C18H28N2O2/c1-4-6-14-20(15-7-5-2)18(21)19-13-12-16-8-10-17(22-3)11-9-16/h8-13H,4-7,14-15H2,1-3H3,(H,19,21)/b13-12+. The topological polar surface area (TPSA) is 41.6 Å². The summed E-state index contributed by atoms with van der Waals surface area (Å²) in [5.74, 6) is 0.825. The van der Waals surface area contributed by atoms with E-state index in [4.69, 9.17) is 4.74 Å². The molecule has 0 radical (unpaired) electrons. The normalized spacial score (nSPS) is 10.7. The van der Waals surface area contributed by atoms with Crippen LogP contribution in [0.2, 0.25) is 0 Å². The van der Waals surface area contributed by atoms with E-state index in [1.807, 2.05) is 35.2 Å². The van der Waals surface area contributed by atoms with Crippen LogP contribution in [-0.4, -0.2) is 31.1 Å². The maximum absolute atomic E-state index is 12.2. The Bertz CT molecular complexity index is 447. The molecule has 2 amide bonds. The zero-order chi connectivity index (χ0) is 16.2. The Morgan fingerprint density at radius 2 is 1.73 bits per heavy atom. The molecule has 0 fully saturated rings. The lowest BCUT2D eigenvalue weighted by Crippen LogP contribution is -2.38. The lowest BCUT2D eigenvalue weighted by molar-refractivity contribution is 0.200. The van der Waals surface area contributed by atoms with Crippen LogP contribution in [0.1, 0.15) is 45.1 Å². The highest BCUT2D eigenvalue weighted by molar-refractivity contribution is 5.76. The van der Waals surface area contributed by atoms with Gasteiger partial charge in [0.2, 0.25) is 0 Å². The fourth-order valence-electron chi connectivity index (χ4n) is 2.03. The number of rotatable bonds is 9. The Hall–Kier alpha value is -1.97. The van der Waals surface area contributed by atoms with E-state index in [2.05, 4.69) is 19.2 Å². The second-order valence-corrected chi connectivity index (χ2v) is 5.25. The molecular weight excluding hydrogens is 276 g/mol. The number of urea groups is 1. The quantitative estimate of drug-likeness (QED) is 0.740. The zero-order valence-electron chi connectivity index (χ0n) is 14.0. The number of carbonyl (C=O) groups is 1. The molecule has 4 heteroatoms. The lowest BCUT2D eigenvalue weighted by atomic mass is 10.2. The third-order valence-electron chi connectivity index (χ3n) is 3.45. The summed E-state index contributed by atoms with van der Waals surface area (Å²) in [6.07, 6.45) is 7.86. The average Bonchev–Trinajstić information content (AvgIpc) is 2.55. The molecule has 1 aromatic rings. The van der Waals surface area contributed by atoms with Gasteiger partial charge in [-0.2, -0.15) is 0 Å². The van der Waals surface area contributed by atoms with Crippen LogP contribution in [0.3, 0.4) is 0 Å². The number of nitrogens with zero attached hydrogens (tertiary/aromatic N) is 1. The second-order valence-electron chi connectivity index (χ2n) is 5.25. The van der Waals surface area contributed by atoms with Gasteiger partial charge in [0.15, 0.2) is 0 Å². The number of hydrogen-bond acceptors (Lipinski definition) is 2. The Kier molecular flexibility index (Phi) is 8.80. The highest BCUT2D eigenvalue weighted by Gasteiger charge is 2.10.